The molecular formula is C24H27BrO2Si. The van der Waals surface area contributed by atoms with Crippen LogP contribution in [0.5, 0.6) is 0 Å². The standard InChI is InChI=1S/C24H27BrO2Si/c1-24(2,3)28(20-13-6-4-7-14-20,21-15-8-5-9-16-21)27-23(26)18-19-12-10-11-17-22(19)25/h4-17,23,26H,18H2,1-3H3. The molecule has 0 saturated heterocycles. The summed E-state index contributed by atoms with van der Waals surface area (Å²) < 4.78 is 7.69. The molecule has 2 nitrogen and oxygen atoms in total. The number of benzene rings is 3. The molecule has 0 amide bonds. The van der Waals surface area contributed by atoms with Gasteiger partial charge in [-0.05, 0) is 27.0 Å². The van der Waals surface area contributed by atoms with Gasteiger partial charge in [0.2, 0.25) is 0 Å². The number of hydrogen-bond donors (Lipinski definition) is 1. The van der Waals surface area contributed by atoms with Crippen molar-refractivity contribution in [2.45, 2.75) is 38.5 Å². The van der Waals surface area contributed by atoms with Crippen molar-refractivity contribution >= 4 is 34.6 Å². The largest absolute Gasteiger partial charge is 0.382 e. The summed E-state index contributed by atoms with van der Waals surface area (Å²) in [6.45, 7) is 6.64. The lowest BCUT2D eigenvalue weighted by Crippen LogP contribution is -2.67. The molecule has 0 aliphatic rings. The molecule has 0 fully saturated rings. The number of aliphatic hydroxyl groups is 1. The Morgan fingerprint density at radius 3 is 1.75 bits per heavy atom. The minimum Gasteiger partial charge on any atom is -0.382 e. The van der Waals surface area contributed by atoms with Gasteiger partial charge in [-0.15, -0.1) is 0 Å². The van der Waals surface area contributed by atoms with Crippen molar-refractivity contribution in [3.63, 3.8) is 0 Å². The second kappa shape index (κ2) is 8.74. The fourth-order valence-corrected chi connectivity index (χ4v) is 8.74. The first-order valence-corrected chi connectivity index (χ1v) is 12.2. The summed E-state index contributed by atoms with van der Waals surface area (Å²) in [4.78, 5) is 0. The maximum absolute atomic E-state index is 11.0. The SMILES string of the molecule is CC(C)(C)[Si](OC(O)Cc1ccccc1Br)(c1ccccc1)c1ccccc1. The fourth-order valence-electron chi connectivity index (χ4n) is 3.79. The van der Waals surface area contributed by atoms with Gasteiger partial charge in [-0.1, -0.05) is 116 Å². The molecule has 0 aromatic heterocycles. The number of rotatable bonds is 6. The Kier molecular flexibility index (Phi) is 6.56. The van der Waals surface area contributed by atoms with E-state index in [1.54, 1.807) is 0 Å². The Hall–Kier alpha value is -1.72. The molecule has 146 valence electrons. The van der Waals surface area contributed by atoms with Crippen LogP contribution in [-0.4, -0.2) is 19.7 Å². The normalized spacial score (nSPS) is 13.3. The van der Waals surface area contributed by atoms with E-state index in [-0.39, 0.29) is 5.04 Å². The van der Waals surface area contributed by atoms with Crippen molar-refractivity contribution in [3.8, 4) is 0 Å². The van der Waals surface area contributed by atoms with Gasteiger partial charge < -0.3 is 9.53 Å². The molecular weight excluding hydrogens is 428 g/mol. The average molecular weight is 455 g/mol. The summed E-state index contributed by atoms with van der Waals surface area (Å²) in [5, 5.41) is 13.2. The van der Waals surface area contributed by atoms with Crippen LogP contribution in [0, 0.1) is 0 Å². The molecule has 1 atom stereocenters. The van der Waals surface area contributed by atoms with Gasteiger partial charge in [-0.2, -0.15) is 0 Å². The summed E-state index contributed by atoms with van der Waals surface area (Å²) in [7, 11) is -2.75. The van der Waals surface area contributed by atoms with Gasteiger partial charge in [0.25, 0.3) is 8.32 Å². The zero-order valence-electron chi connectivity index (χ0n) is 16.6. The topological polar surface area (TPSA) is 29.5 Å². The van der Waals surface area contributed by atoms with Gasteiger partial charge in [-0.3, -0.25) is 0 Å². The highest BCUT2D eigenvalue weighted by atomic mass is 79.9. The molecule has 1 unspecified atom stereocenters. The quantitative estimate of drug-likeness (QED) is 0.424. The highest BCUT2D eigenvalue weighted by Crippen LogP contribution is 2.37. The van der Waals surface area contributed by atoms with Gasteiger partial charge >= 0.3 is 0 Å². The first kappa shape index (κ1) is 21.0. The van der Waals surface area contributed by atoms with E-state index in [0.717, 1.165) is 10.0 Å². The van der Waals surface area contributed by atoms with Gasteiger partial charge in [0, 0.05) is 10.9 Å². The Bertz CT molecular complexity index is 852. The molecule has 0 saturated carbocycles. The van der Waals surface area contributed by atoms with E-state index in [1.807, 2.05) is 36.4 Å². The predicted molar refractivity (Wildman–Crippen MR) is 123 cm³/mol. The molecule has 0 heterocycles. The van der Waals surface area contributed by atoms with Gasteiger partial charge in [0.15, 0.2) is 0 Å². The van der Waals surface area contributed by atoms with Crippen LogP contribution in [-0.2, 0) is 10.8 Å². The minimum atomic E-state index is -2.75. The van der Waals surface area contributed by atoms with E-state index in [1.165, 1.54) is 10.4 Å². The smallest absolute Gasteiger partial charge is 0.264 e. The van der Waals surface area contributed by atoms with Crippen LogP contribution in [0.25, 0.3) is 0 Å². The minimum absolute atomic E-state index is 0.162. The molecule has 3 aromatic rings. The summed E-state index contributed by atoms with van der Waals surface area (Å²) in [6.07, 6.45) is -0.462. The van der Waals surface area contributed by atoms with Crippen molar-refractivity contribution < 1.29 is 9.53 Å². The first-order chi connectivity index (χ1) is 13.3. The Balaban J connectivity index is 2.07. The monoisotopic (exact) mass is 454 g/mol. The molecule has 3 aromatic carbocycles. The molecule has 0 aliphatic carbocycles. The Morgan fingerprint density at radius 2 is 1.29 bits per heavy atom. The molecule has 0 radical (unpaired) electrons. The Morgan fingerprint density at radius 1 is 0.821 bits per heavy atom. The van der Waals surface area contributed by atoms with Crippen molar-refractivity contribution in [2.75, 3.05) is 0 Å². The van der Waals surface area contributed by atoms with Crippen LogP contribution in [0.4, 0.5) is 0 Å². The van der Waals surface area contributed by atoms with E-state index in [0.29, 0.717) is 6.42 Å². The molecule has 3 rings (SSSR count). The molecule has 0 spiro atoms. The molecule has 4 heteroatoms. The molecule has 0 bridgehead atoms. The van der Waals surface area contributed by atoms with Gasteiger partial charge in [-0.25, -0.2) is 0 Å². The van der Waals surface area contributed by atoms with Crippen LogP contribution in [0.2, 0.25) is 5.04 Å². The van der Waals surface area contributed by atoms with Crippen LogP contribution in [0.1, 0.15) is 26.3 Å². The lowest BCUT2D eigenvalue weighted by atomic mass is 10.1. The zero-order valence-corrected chi connectivity index (χ0v) is 19.2. The summed E-state index contributed by atoms with van der Waals surface area (Å²) in [5.41, 5.74) is 1.04. The first-order valence-electron chi connectivity index (χ1n) is 9.55. The summed E-state index contributed by atoms with van der Waals surface area (Å²) in [5.74, 6) is 0. The zero-order chi connectivity index (χ0) is 20.2. The highest BCUT2D eigenvalue weighted by Gasteiger charge is 2.51. The third-order valence-electron chi connectivity index (χ3n) is 5.08. The van der Waals surface area contributed by atoms with Crippen LogP contribution in [0.3, 0.4) is 0 Å². The second-order valence-electron chi connectivity index (χ2n) is 8.03. The molecule has 28 heavy (non-hydrogen) atoms. The third kappa shape index (κ3) is 4.30. The highest BCUT2D eigenvalue weighted by molar-refractivity contribution is 9.10. The van der Waals surface area contributed by atoms with Crippen molar-refractivity contribution in [1.82, 2.24) is 0 Å². The lowest BCUT2D eigenvalue weighted by molar-refractivity contribution is -0.0240. The average Bonchev–Trinajstić information content (AvgIpc) is 2.68. The predicted octanol–water partition coefficient (Wildman–Crippen LogP) is 4.89. The van der Waals surface area contributed by atoms with E-state index in [2.05, 4.69) is 85.2 Å². The van der Waals surface area contributed by atoms with E-state index in [9.17, 15) is 5.11 Å². The van der Waals surface area contributed by atoms with Gasteiger partial charge in [0.1, 0.15) is 6.29 Å². The summed E-state index contributed by atoms with van der Waals surface area (Å²) in [6, 6.07) is 28.7. The maximum Gasteiger partial charge on any atom is 0.264 e. The van der Waals surface area contributed by atoms with Crippen molar-refractivity contribution in [3.05, 3.63) is 95.0 Å². The van der Waals surface area contributed by atoms with Crippen LogP contribution in [0.15, 0.2) is 89.4 Å². The van der Waals surface area contributed by atoms with Crippen LogP contribution < -0.4 is 10.4 Å². The molecule has 0 aliphatic heterocycles. The van der Waals surface area contributed by atoms with E-state index in [4.69, 9.17) is 4.43 Å². The number of hydrogen-bond acceptors (Lipinski definition) is 2. The van der Waals surface area contributed by atoms with Gasteiger partial charge in [0.05, 0.1) is 0 Å². The summed E-state index contributed by atoms with van der Waals surface area (Å²) >= 11 is 3.58. The van der Waals surface area contributed by atoms with Crippen LogP contribution >= 0.6 is 15.9 Å². The van der Waals surface area contributed by atoms with E-state index < -0.39 is 14.6 Å². The fraction of sp³-hybridized carbons (Fsp3) is 0.250. The Labute approximate surface area is 177 Å². The lowest BCUT2D eigenvalue weighted by Gasteiger charge is -2.44. The van der Waals surface area contributed by atoms with Crippen molar-refractivity contribution in [1.29, 1.82) is 0 Å². The van der Waals surface area contributed by atoms with Crippen molar-refractivity contribution in [2.24, 2.45) is 0 Å². The molecule has 1 N–H and O–H groups in total. The second-order valence-corrected chi connectivity index (χ2v) is 13.1. The van der Waals surface area contributed by atoms with E-state index >= 15 is 0 Å². The number of aliphatic hydroxyl groups excluding tert-OH is 1. The third-order valence-corrected chi connectivity index (χ3v) is 10.9. The number of halogens is 1. The maximum atomic E-state index is 11.0.